The van der Waals surface area contributed by atoms with Crippen LogP contribution in [0.1, 0.15) is 0 Å². The van der Waals surface area contributed by atoms with Crippen LogP contribution in [0.3, 0.4) is 0 Å². The van der Waals surface area contributed by atoms with Gasteiger partial charge in [-0.15, -0.1) is 0 Å². The summed E-state index contributed by atoms with van der Waals surface area (Å²) in [4.78, 5) is 9.54. The quantitative estimate of drug-likeness (QED) is 0.490. The second kappa shape index (κ2) is 2.03. The molecule has 1 fully saturated rings. The van der Waals surface area contributed by atoms with Crippen molar-refractivity contribution < 1.29 is 14.6 Å². The van der Waals surface area contributed by atoms with Gasteiger partial charge in [-0.1, -0.05) is 15.9 Å². The Kier molecular flexibility index (Phi) is 1.53. The molecular formula is C4H5BrO3. The molecule has 1 saturated heterocycles. The van der Waals surface area contributed by atoms with Gasteiger partial charge in [0.15, 0.2) is 0 Å². The molecule has 0 bridgehead atoms. The van der Waals surface area contributed by atoms with E-state index < -0.39 is 10.8 Å². The third-order valence-electron chi connectivity index (χ3n) is 0.921. The van der Waals surface area contributed by atoms with Crippen LogP contribution in [0.5, 0.6) is 0 Å². The van der Waals surface area contributed by atoms with Crippen molar-refractivity contribution in [1.82, 2.24) is 0 Å². The van der Waals surface area contributed by atoms with Crippen molar-refractivity contribution in [3.63, 3.8) is 0 Å². The number of halogens is 1. The molecule has 0 saturated carbocycles. The minimum Gasteiger partial charge on any atom is -0.480 e. The molecule has 1 rings (SSSR count). The molecule has 1 N–H and O–H groups in total. The van der Waals surface area contributed by atoms with Gasteiger partial charge in [0.2, 0.25) is 0 Å². The first kappa shape index (κ1) is 6.04. The van der Waals surface area contributed by atoms with Crippen LogP contribution in [0.4, 0.5) is 0 Å². The SMILES string of the molecule is O=C(O)[C@H](Br)[C@@H]1CO1. The molecule has 46 valence electrons. The third kappa shape index (κ3) is 1.20. The van der Waals surface area contributed by atoms with Crippen molar-refractivity contribution in [3.05, 3.63) is 0 Å². The zero-order chi connectivity index (χ0) is 6.15. The Bertz CT molecular complexity index is 110. The average molecular weight is 181 g/mol. The van der Waals surface area contributed by atoms with Crippen molar-refractivity contribution in [2.45, 2.75) is 10.9 Å². The number of carboxylic acid groups (broad SMARTS) is 1. The maximum atomic E-state index is 10.1. The van der Waals surface area contributed by atoms with Crippen molar-refractivity contribution in [3.8, 4) is 0 Å². The van der Waals surface area contributed by atoms with E-state index in [0.717, 1.165) is 0 Å². The van der Waals surface area contributed by atoms with Crippen molar-refractivity contribution in [2.75, 3.05) is 6.61 Å². The van der Waals surface area contributed by atoms with E-state index in [2.05, 4.69) is 15.9 Å². The van der Waals surface area contributed by atoms with Crippen LogP contribution in [0.15, 0.2) is 0 Å². The highest BCUT2D eigenvalue weighted by Gasteiger charge is 2.35. The molecule has 0 aromatic heterocycles. The molecule has 0 radical (unpaired) electrons. The first-order chi connectivity index (χ1) is 3.72. The van der Waals surface area contributed by atoms with Crippen LogP contribution in [0.2, 0.25) is 0 Å². The van der Waals surface area contributed by atoms with Crippen LogP contribution >= 0.6 is 15.9 Å². The van der Waals surface area contributed by atoms with Crippen LogP contribution in [0.25, 0.3) is 0 Å². The Balaban J connectivity index is 2.32. The topological polar surface area (TPSA) is 49.8 Å². The van der Waals surface area contributed by atoms with Crippen LogP contribution in [-0.2, 0) is 9.53 Å². The molecular weight excluding hydrogens is 176 g/mol. The lowest BCUT2D eigenvalue weighted by Gasteiger charge is -1.94. The molecule has 2 atom stereocenters. The number of hydrogen-bond donors (Lipinski definition) is 1. The maximum absolute atomic E-state index is 10.1. The lowest BCUT2D eigenvalue weighted by molar-refractivity contribution is -0.136. The van der Waals surface area contributed by atoms with E-state index in [9.17, 15) is 4.79 Å². The molecule has 0 aliphatic carbocycles. The first-order valence-electron chi connectivity index (χ1n) is 2.20. The fourth-order valence-electron chi connectivity index (χ4n) is 0.384. The van der Waals surface area contributed by atoms with E-state index in [1.165, 1.54) is 0 Å². The van der Waals surface area contributed by atoms with Crippen molar-refractivity contribution in [1.29, 1.82) is 0 Å². The van der Waals surface area contributed by atoms with Gasteiger partial charge >= 0.3 is 5.97 Å². The summed E-state index contributed by atoms with van der Waals surface area (Å²) in [6.07, 6.45) is -0.0903. The summed E-state index contributed by atoms with van der Waals surface area (Å²) in [7, 11) is 0. The fourth-order valence-corrected chi connectivity index (χ4v) is 0.689. The highest BCUT2D eigenvalue weighted by atomic mass is 79.9. The second-order valence-electron chi connectivity index (χ2n) is 1.61. The van der Waals surface area contributed by atoms with Crippen LogP contribution in [-0.4, -0.2) is 28.6 Å². The fraction of sp³-hybridized carbons (Fsp3) is 0.750. The Labute approximate surface area is 54.8 Å². The normalized spacial score (nSPS) is 29.4. The average Bonchev–Trinajstić information content (AvgIpc) is 2.43. The van der Waals surface area contributed by atoms with Crippen molar-refractivity contribution in [2.24, 2.45) is 0 Å². The lowest BCUT2D eigenvalue weighted by atomic mass is 10.3. The summed E-state index contributed by atoms with van der Waals surface area (Å²) in [6, 6.07) is 0. The summed E-state index contributed by atoms with van der Waals surface area (Å²) >= 11 is 2.94. The van der Waals surface area contributed by atoms with Crippen molar-refractivity contribution >= 4 is 21.9 Å². The highest BCUT2D eigenvalue weighted by Crippen LogP contribution is 2.20. The molecule has 1 heterocycles. The van der Waals surface area contributed by atoms with E-state index in [4.69, 9.17) is 9.84 Å². The predicted octanol–water partition coefficient (Wildman–Crippen LogP) is 0.233. The van der Waals surface area contributed by atoms with Gasteiger partial charge in [0, 0.05) is 0 Å². The molecule has 0 aromatic rings. The summed E-state index contributed by atoms with van der Waals surface area (Å²) in [5.74, 6) is -0.854. The van der Waals surface area contributed by atoms with Crippen LogP contribution < -0.4 is 0 Å². The minimum absolute atomic E-state index is 0.0903. The highest BCUT2D eigenvalue weighted by molar-refractivity contribution is 9.10. The molecule has 4 heteroatoms. The smallest absolute Gasteiger partial charge is 0.320 e. The summed E-state index contributed by atoms with van der Waals surface area (Å²) in [6.45, 7) is 0.572. The van der Waals surface area contributed by atoms with E-state index in [1.807, 2.05) is 0 Å². The van der Waals surface area contributed by atoms with Gasteiger partial charge in [-0.05, 0) is 0 Å². The van der Waals surface area contributed by atoms with E-state index in [-0.39, 0.29) is 6.10 Å². The number of alkyl halides is 1. The molecule has 0 unspecified atom stereocenters. The van der Waals surface area contributed by atoms with Gasteiger partial charge in [0.1, 0.15) is 10.9 Å². The molecule has 0 amide bonds. The number of epoxide rings is 1. The molecule has 3 nitrogen and oxygen atoms in total. The van der Waals surface area contributed by atoms with Gasteiger partial charge in [-0.25, -0.2) is 0 Å². The Morgan fingerprint density at radius 1 is 2.00 bits per heavy atom. The standard InChI is InChI=1S/C4H5BrO3/c5-3(4(6)7)2-1-8-2/h2-3H,1H2,(H,6,7)/t2-,3+/m0/s1. The molecule has 1 aliphatic rings. The maximum Gasteiger partial charge on any atom is 0.320 e. The number of carbonyl (C=O) groups is 1. The second-order valence-corrected chi connectivity index (χ2v) is 2.60. The summed E-state index contributed by atoms with van der Waals surface area (Å²) < 4.78 is 4.70. The van der Waals surface area contributed by atoms with Gasteiger partial charge in [0.05, 0.1) is 6.61 Å². The monoisotopic (exact) mass is 180 g/mol. The molecule has 8 heavy (non-hydrogen) atoms. The first-order valence-corrected chi connectivity index (χ1v) is 3.12. The van der Waals surface area contributed by atoms with Gasteiger partial charge < -0.3 is 9.84 Å². The summed E-state index contributed by atoms with van der Waals surface area (Å²) in [5, 5.41) is 8.27. The van der Waals surface area contributed by atoms with E-state index >= 15 is 0 Å². The molecule has 0 spiro atoms. The largest absolute Gasteiger partial charge is 0.480 e. The lowest BCUT2D eigenvalue weighted by Crippen LogP contribution is -2.18. The Hall–Kier alpha value is -0.0900. The minimum atomic E-state index is -0.854. The number of aliphatic carboxylic acids is 1. The van der Waals surface area contributed by atoms with Gasteiger partial charge in [-0.2, -0.15) is 0 Å². The van der Waals surface area contributed by atoms with Gasteiger partial charge in [0.25, 0.3) is 0 Å². The number of rotatable bonds is 2. The Morgan fingerprint density at radius 3 is 2.62 bits per heavy atom. The summed E-state index contributed by atoms with van der Waals surface area (Å²) in [5.41, 5.74) is 0. The Morgan fingerprint density at radius 2 is 2.50 bits per heavy atom. The number of hydrogen-bond acceptors (Lipinski definition) is 2. The third-order valence-corrected chi connectivity index (χ3v) is 1.90. The predicted molar refractivity (Wildman–Crippen MR) is 30.1 cm³/mol. The van der Waals surface area contributed by atoms with Crippen LogP contribution in [0, 0.1) is 0 Å². The molecule has 0 aromatic carbocycles. The number of carboxylic acids is 1. The van der Waals surface area contributed by atoms with E-state index in [1.54, 1.807) is 0 Å². The van der Waals surface area contributed by atoms with E-state index in [0.29, 0.717) is 6.61 Å². The zero-order valence-electron chi connectivity index (χ0n) is 4.00. The zero-order valence-corrected chi connectivity index (χ0v) is 5.59. The number of ether oxygens (including phenoxy) is 1. The van der Waals surface area contributed by atoms with Gasteiger partial charge in [-0.3, -0.25) is 4.79 Å². The molecule has 1 aliphatic heterocycles.